The van der Waals surface area contributed by atoms with Crippen molar-refractivity contribution in [2.24, 2.45) is 0 Å². The summed E-state index contributed by atoms with van der Waals surface area (Å²) in [6.45, 7) is 1.55. The van der Waals surface area contributed by atoms with Crippen molar-refractivity contribution < 1.29 is 14.3 Å². The van der Waals surface area contributed by atoms with Crippen molar-refractivity contribution in [1.82, 2.24) is 20.4 Å². The molecule has 0 saturated carbocycles. The molecule has 146 valence electrons. The van der Waals surface area contributed by atoms with Crippen molar-refractivity contribution >= 4 is 27.7 Å². The van der Waals surface area contributed by atoms with E-state index in [1.165, 1.54) is 6.07 Å². The lowest BCUT2D eigenvalue weighted by molar-refractivity contribution is 0.0921. The van der Waals surface area contributed by atoms with Crippen molar-refractivity contribution in [1.29, 1.82) is 0 Å². The minimum atomic E-state index is -0.524. The number of hydrogen-bond acceptors (Lipinski definition) is 7. The Morgan fingerprint density at radius 1 is 1.07 bits per heavy atom. The highest BCUT2D eigenvalue weighted by Crippen LogP contribution is 2.23. The van der Waals surface area contributed by atoms with Crippen molar-refractivity contribution in [2.75, 3.05) is 13.7 Å². The second-order valence-corrected chi connectivity index (χ2v) is 6.41. The molecule has 0 aliphatic rings. The smallest absolute Gasteiger partial charge is 0.278 e. The standard InChI is InChI=1S/C20H16N4O5/c1-10-7-14-13(19(26)17-18(20(27)21-14)23-24-22-17)8-16(10)29-9-15(25)11-3-5-12(28-2)6-4-11/h3-8H,9H2,1-2H3,(H,21,27)(H,22,23,24). The first-order valence-electron chi connectivity index (χ1n) is 8.69. The van der Waals surface area contributed by atoms with Crippen LogP contribution in [-0.4, -0.2) is 39.9 Å². The molecule has 2 aromatic carbocycles. The lowest BCUT2D eigenvalue weighted by atomic mass is 10.1. The number of ether oxygens (including phenoxy) is 2. The van der Waals surface area contributed by atoms with Crippen LogP contribution in [0.1, 0.15) is 15.9 Å². The first-order chi connectivity index (χ1) is 14.0. The fourth-order valence-electron chi connectivity index (χ4n) is 2.99. The second-order valence-electron chi connectivity index (χ2n) is 6.41. The molecule has 4 aromatic rings. The Bertz CT molecular complexity index is 1360. The molecule has 0 spiro atoms. The van der Waals surface area contributed by atoms with Gasteiger partial charge in [0.15, 0.2) is 23.4 Å². The Hall–Kier alpha value is -4.01. The van der Waals surface area contributed by atoms with Gasteiger partial charge in [0.25, 0.3) is 5.56 Å². The summed E-state index contributed by atoms with van der Waals surface area (Å²) in [4.78, 5) is 40.0. The van der Waals surface area contributed by atoms with Crippen LogP contribution in [0.15, 0.2) is 46.0 Å². The summed E-state index contributed by atoms with van der Waals surface area (Å²) in [6.07, 6.45) is 0. The molecule has 0 radical (unpaired) electrons. The van der Waals surface area contributed by atoms with Crippen molar-refractivity contribution in [2.45, 2.75) is 6.92 Å². The fourth-order valence-corrected chi connectivity index (χ4v) is 2.99. The maximum absolute atomic E-state index is 12.8. The lowest BCUT2D eigenvalue weighted by Gasteiger charge is -2.09. The van der Waals surface area contributed by atoms with Crippen molar-refractivity contribution in [3.05, 3.63) is 68.1 Å². The summed E-state index contributed by atoms with van der Waals surface area (Å²) in [5.74, 6) is 0.789. The summed E-state index contributed by atoms with van der Waals surface area (Å²) >= 11 is 0. The van der Waals surface area contributed by atoms with Gasteiger partial charge in [0, 0.05) is 5.56 Å². The largest absolute Gasteiger partial charge is 0.497 e. The predicted molar refractivity (Wildman–Crippen MR) is 106 cm³/mol. The molecule has 0 saturated heterocycles. The number of H-pyrrole nitrogens is 2. The fraction of sp³-hybridized carbons (Fsp3) is 0.150. The molecule has 0 bridgehead atoms. The van der Waals surface area contributed by atoms with Gasteiger partial charge in [0.2, 0.25) is 5.43 Å². The van der Waals surface area contributed by atoms with Gasteiger partial charge in [-0.15, -0.1) is 0 Å². The van der Waals surface area contributed by atoms with E-state index in [0.29, 0.717) is 28.1 Å². The van der Waals surface area contributed by atoms with Crippen LogP contribution in [0, 0.1) is 6.92 Å². The number of carbonyl (C=O) groups excluding carboxylic acids is 1. The number of fused-ring (bicyclic) bond motifs is 2. The number of aromatic nitrogens is 4. The molecule has 0 fully saturated rings. The summed E-state index contributed by atoms with van der Waals surface area (Å²) in [7, 11) is 1.55. The molecule has 9 heteroatoms. The van der Waals surface area contributed by atoms with Crippen LogP contribution in [0.2, 0.25) is 0 Å². The van der Waals surface area contributed by atoms with E-state index >= 15 is 0 Å². The molecule has 2 heterocycles. The van der Waals surface area contributed by atoms with Gasteiger partial charge in [-0.1, -0.05) is 0 Å². The van der Waals surface area contributed by atoms with E-state index in [2.05, 4.69) is 20.4 Å². The van der Waals surface area contributed by atoms with E-state index < -0.39 is 11.0 Å². The van der Waals surface area contributed by atoms with E-state index in [4.69, 9.17) is 9.47 Å². The normalized spacial score (nSPS) is 11.0. The van der Waals surface area contributed by atoms with Crippen LogP contribution in [0.3, 0.4) is 0 Å². The number of nitrogens with zero attached hydrogens (tertiary/aromatic N) is 2. The number of methoxy groups -OCH3 is 1. The zero-order chi connectivity index (χ0) is 20.5. The molecule has 0 amide bonds. The van der Waals surface area contributed by atoms with Gasteiger partial charge in [-0.3, -0.25) is 14.4 Å². The number of rotatable bonds is 5. The van der Waals surface area contributed by atoms with Crippen LogP contribution in [0.25, 0.3) is 21.9 Å². The molecule has 0 aliphatic carbocycles. The van der Waals surface area contributed by atoms with Crippen molar-refractivity contribution in [3.8, 4) is 11.5 Å². The zero-order valence-corrected chi connectivity index (χ0v) is 15.6. The SMILES string of the molecule is COc1ccc(C(=O)COc2cc3c(=O)c4n[nH]nc4c(=O)[nH]c3cc2C)cc1. The summed E-state index contributed by atoms with van der Waals surface area (Å²) in [5, 5.41) is 10.0. The number of aromatic amines is 2. The van der Waals surface area contributed by atoms with Crippen LogP contribution in [0.4, 0.5) is 0 Å². The maximum atomic E-state index is 12.8. The summed E-state index contributed by atoms with van der Waals surface area (Å²) in [5.41, 5.74) is 0.358. The molecular formula is C20H16N4O5. The molecule has 2 N–H and O–H groups in total. The summed E-state index contributed by atoms with van der Waals surface area (Å²) in [6, 6.07) is 9.81. The third-order valence-corrected chi connectivity index (χ3v) is 4.56. The molecular weight excluding hydrogens is 376 g/mol. The van der Waals surface area contributed by atoms with Crippen LogP contribution in [0.5, 0.6) is 11.5 Å². The zero-order valence-electron chi connectivity index (χ0n) is 15.6. The van der Waals surface area contributed by atoms with Gasteiger partial charge in [-0.25, -0.2) is 0 Å². The molecule has 0 unspecified atom stereocenters. The minimum absolute atomic E-state index is 0.0645. The predicted octanol–water partition coefficient (Wildman–Crippen LogP) is 1.74. The molecule has 2 aromatic heterocycles. The van der Waals surface area contributed by atoms with Gasteiger partial charge in [0.1, 0.15) is 11.5 Å². The quantitative estimate of drug-likeness (QED) is 0.495. The van der Waals surface area contributed by atoms with E-state index in [-0.39, 0.29) is 28.8 Å². The minimum Gasteiger partial charge on any atom is -0.497 e. The average molecular weight is 392 g/mol. The third-order valence-electron chi connectivity index (χ3n) is 4.56. The van der Waals surface area contributed by atoms with Crippen LogP contribution >= 0.6 is 0 Å². The van der Waals surface area contributed by atoms with Gasteiger partial charge in [0.05, 0.1) is 18.0 Å². The van der Waals surface area contributed by atoms with E-state index in [9.17, 15) is 14.4 Å². The Labute approximate surface area is 163 Å². The maximum Gasteiger partial charge on any atom is 0.278 e. The number of ketones is 1. The lowest BCUT2D eigenvalue weighted by Crippen LogP contribution is -2.12. The number of nitrogens with one attached hydrogen (secondary N) is 2. The Morgan fingerprint density at radius 3 is 2.52 bits per heavy atom. The van der Waals surface area contributed by atoms with Gasteiger partial charge in [-0.2, -0.15) is 15.4 Å². The highest BCUT2D eigenvalue weighted by atomic mass is 16.5. The number of carbonyl (C=O) groups is 1. The summed E-state index contributed by atoms with van der Waals surface area (Å²) < 4.78 is 10.7. The highest BCUT2D eigenvalue weighted by Gasteiger charge is 2.14. The topological polar surface area (TPSA) is 127 Å². The van der Waals surface area contributed by atoms with Crippen LogP contribution in [-0.2, 0) is 0 Å². The highest BCUT2D eigenvalue weighted by molar-refractivity contribution is 5.97. The molecule has 9 nitrogen and oxygen atoms in total. The van der Waals surface area contributed by atoms with Crippen molar-refractivity contribution in [3.63, 3.8) is 0 Å². The first-order valence-corrected chi connectivity index (χ1v) is 8.69. The Morgan fingerprint density at radius 2 is 1.79 bits per heavy atom. The number of aryl methyl sites for hydroxylation is 1. The Kier molecular flexibility index (Phi) is 4.55. The Balaban J connectivity index is 1.69. The number of hydrogen-bond donors (Lipinski definition) is 2. The molecule has 4 rings (SSSR count). The van der Waals surface area contributed by atoms with Gasteiger partial charge >= 0.3 is 0 Å². The average Bonchev–Trinajstić information content (AvgIpc) is 3.19. The number of benzene rings is 2. The number of Topliss-reactive ketones (excluding diaryl/α,β-unsaturated/α-hetero) is 1. The molecule has 0 atom stereocenters. The molecule has 29 heavy (non-hydrogen) atoms. The first kappa shape index (κ1) is 18.4. The van der Waals surface area contributed by atoms with E-state index in [0.717, 1.165) is 0 Å². The molecule has 0 aliphatic heterocycles. The van der Waals surface area contributed by atoms with Gasteiger partial charge in [-0.05, 0) is 48.9 Å². The third kappa shape index (κ3) is 3.33. The second kappa shape index (κ2) is 7.19. The van der Waals surface area contributed by atoms with E-state index in [1.807, 2.05) is 0 Å². The van der Waals surface area contributed by atoms with E-state index in [1.54, 1.807) is 44.4 Å². The van der Waals surface area contributed by atoms with Gasteiger partial charge < -0.3 is 14.5 Å². The monoisotopic (exact) mass is 392 g/mol. The van der Waals surface area contributed by atoms with Crippen LogP contribution < -0.4 is 20.5 Å².